The summed E-state index contributed by atoms with van der Waals surface area (Å²) >= 11 is 1.73. The van der Waals surface area contributed by atoms with Crippen LogP contribution in [0.2, 0.25) is 0 Å². The Morgan fingerprint density at radius 3 is 3.20 bits per heavy atom. The summed E-state index contributed by atoms with van der Waals surface area (Å²) in [4.78, 5) is 4.71. The lowest BCUT2D eigenvalue weighted by Crippen LogP contribution is -2.14. The molecule has 0 saturated heterocycles. The lowest BCUT2D eigenvalue weighted by Gasteiger charge is -2.20. The van der Waals surface area contributed by atoms with Crippen LogP contribution in [0.25, 0.3) is 11.3 Å². The standard InChI is InChI=1S/C12H14N2S/c1-9-3-2-4-12-13-11(7-14(9)12)10-5-6-15-8-10/h5-9H,2-4H2,1H3/t9-/m1/s1. The minimum absolute atomic E-state index is 0.619. The third-order valence-electron chi connectivity index (χ3n) is 3.12. The van der Waals surface area contributed by atoms with E-state index in [1.807, 2.05) is 0 Å². The van der Waals surface area contributed by atoms with E-state index < -0.39 is 0 Å². The fourth-order valence-electron chi connectivity index (χ4n) is 2.24. The Labute approximate surface area is 93.6 Å². The summed E-state index contributed by atoms with van der Waals surface area (Å²) in [5, 5.41) is 4.27. The summed E-state index contributed by atoms with van der Waals surface area (Å²) in [6, 6.07) is 2.76. The van der Waals surface area contributed by atoms with Gasteiger partial charge >= 0.3 is 0 Å². The Balaban J connectivity index is 2.06. The fraction of sp³-hybridized carbons (Fsp3) is 0.417. The predicted molar refractivity (Wildman–Crippen MR) is 63.2 cm³/mol. The first kappa shape index (κ1) is 9.16. The largest absolute Gasteiger partial charge is 0.331 e. The van der Waals surface area contributed by atoms with Gasteiger partial charge in [0.1, 0.15) is 5.82 Å². The van der Waals surface area contributed by atoms with Crippen LogP contribution in [0.5, 0.6) is 0 Å². The van der Waals surface area contributed by atoms with Crippen molar-refractivity contribution in [3.05, 3.63) is 28.8 Å². The minimum atomic E-state index is 0.619. The maximum atomic E-state index is 4.71. The Bertz CT molecular complexity index is 456. The van der Waals surface area contributed by atoms with Crippen molar-refractivity contribution in [3.63, 3.8) is 0 Å². The van der Waals surface area contributed by atoms with Crippen LogP contribution in [0.4, 0.5) is 0 Å². The molecule has 0 aliphatic carbocycles. The zero-order valence-corrected chi connectivity index (χ0v) is 9.63. The molecule has 3 rings (SSSR count). The van der Waals surface area contributed by atoms with Crippen molar-refractivity contribution in [1.82, 2.24) is 9.55 Å². The number of hydrogen-bond acceptors (Lipinski definition) is 2. The van der Waals surface area contributed by atoms with Crippen molar-refractivity contribution in [1.29, 1.82) is 0 Å². The van der Waals surface area contributed by atoms with Gasteiger partial charge in [-0.1, -0.05) is 0 Å². The first-order valence-electron chi connectivity index (χ1n) is 5.45. The Morgan fingerprint density at radius 1 is 1.53 bits per heavy atom. The van der Waals surface area contributed by atoms with Crippen molar-refractivity contribution in [2.45, 2.75) is 32.2 Å². The highest BCUT2D eigenvalue weighted by atomic mass is 32.1. The fourth-order valence-corrected chi connectivity index (χ4v) is 2.89. The second-order valence-corrected chi connectivity index (χ2v) is 4.98. The van der Waals surface area contributed by atoms with Crippen molar-refractivity contribution >= 4 is 11.3 Å². The van der Waals surface area contributed by atoms with Gasteiger partial charge in [0.05, 0.1) is 5.69 Å². The molecule has 1 aliphatic rings. The predicted octanol–water partition coefficient (Wildman–Crippen LogP) is 3.51. The summed E-state index contributed by atoms with van der Waals surface area (Å²) in [7, 11) is 0. The van der Waals surface area contributed by atoms with Gasteiger partial charge in [0.2, 0.25) is 0 Å². The summed E-state index contributed by atoms with van der Waals surface area (Å²) in [6.07, 6.45) is 5.91. The average Bonchev–Trinajstić information content (AvgIpc) is 2.86. The third kappa shape index (κ3) is 1.51. The molecule has 3 heteroatoms. The van der Waals surface area contributed by atoms with Gasteiger partial charge in [-0.05, 0) is 31.2 Å². The molecule has 0 amide bonds. The molecule has 0 aromatic carbocycles. The summed E-state index contributed by atoms with van der Waals surface area (Å²) in [5.74, 6) is 1.26. The molecule has 0 fully saturated rings. The first-order chi connectivity index (χ1) is 7.34. The molecule has 0 N–H and O–H groups in total. The molecule has 0 spiro atoms. The van der Waals surface area contributed by atoms with E-state index in [1.54, 1.807) is 11.3 Å². The normalized spacial score (nSPS) is 20.2. The van der Waals surface area contributed by atoms with E-state index in [0.29, 0.717) is 6.04 Å². The molecule has 1 atom stereocenters. The number of thiophene rings is 1. The lowest BCUT2D eigenvalue weighted by molar-refractivity contribution is 0.426. The average molecular weight is 218 g/mol. The highest BCUT2D eigenvalue weighted by Crippen LogP contribution is 2.28. The second kappa shape index (κ2) is 3.49. The van der Waals surface area contributed by atoms with Crippen LogP contribution in [0.1, 0.15) is 31.6 Å². The van der Waals surface area contributed by atoms with Crippen LogP contribution in [-0.4, -0.2) is 9.55 Å². The number of nitrogens with zero attached hydrogens (tertiary/aromatic N) is 2. The van der Waals surface area contributed by atoms with Crippen LogP contribution >= 0.6 is 11.3 Å². The van der Waals surface area contributed by atoms with Gasteiger partial charge in [0, 0.05) is 29.6 Å². The van der Waals surface area contributed by atoms with E-state index in [2.05, 4.69) is 34.5 Å². The van der Waals surface area contributed by atoms with Crippen molar-refractivity contribution in [3.8, 4) is 11.3 Å². The lowest BCUT2D eigenvalue weighted by atomic mass is 10.1. The van der Waals surface area contributed by atoms with Gasteiger partial charge in [0.25, 0.3) is 0 Å². The summed E-state index contributed by atoms with van der Waals surface area (Å²) in [5.41, 5.74) is 2.40. The topological polar surface area (TPSA) is 17.8 Å². The molecular weight excluding hydrogens is 204 g/mol. The molecule has 2 aromatic rings. The van der Waals surface area contributed by atoms with Gasteiger partial charge in [-0.3, -0.25) is 0 Å². The molecule has 0 saturated carbocycles. The molecule has 78 valence electrons. The number of fused-ring (bicyclic) bond motifs is 1. The zero-order valence-electron chi connectivity index (χ0n) is 8.81. The van der Waals surface area contributed by atoms with Gasteiger partial charge in [0.15, 0.2) is 0 Å². The monoisotopic (exact) mass is 218 g/mol. The number of rotatable bonds is 1. The van der Waals surface area contributed by atoms with Gasteiger partial charge in [-0.15, -0.1) is 0 Å². The van der Waals surface area contributed by atoms with Crippen LogP contribution in [-0.2, 0) is 6.42 Å². The molecule has 2 nitrogen and oxygen atoms in total. The van der Waals surface area contributed by atoms with Crippen molar-refractivity contribution in [2.75, 3.05) is 0 Å². The highest BCUT2D eigenvalue weighted by Gasteiger charge is 2.18. The van der Waals surface area contributed by atoms with E-state index in [-0.39, 0.29) is 0 Å². The van der Waals surface area contributed by atoms with E-state index in [9.17, 15) is 0 Å². The Hall–Kier alpha value is -1.09. The SMILES string of the molecule is C[C@@H]1CCCc2nc(-c3ccsc3)cn21. The maximum Gasteiger partial charge on any atom is 0.109 e. The summed E-state index contributed by atoms with van der Waals surface area (Å²) < 4.78 is 2.34. The Kier molecular flexibility index (Phi) is 2.13. The Morgan fingerprint density at radius 2 is 2.47 bits per heavy atom. The second-order valence-electron chi connectivity index (χ2n) is 4.20. The zero-order chi connectivity index (χ0) is 10.3. The quantitative estimate of drug-likeness (QED) is 0.716. The third-order valence-corrected chi connectivity index (χ3v) is 3.81. The maximum absolute atomic E-state index is 4.71. The number of imidazole rings is 1. The van der Waals surface area contributed by atoms with Crippen molar-refractivity contribution < 1.29 is 0 Å². The summed E-state index contributed by atoms with van der Waals surface area (Å²) in [6.45, 7) is 2.28. The minimum Gasteiger partial charge on any atom is -0.331 e. The first-order valence-corrected chi connectivity index (χ1v) is 6.39. The molecule has 15 heavy (non-hydrogen) atoms. The van der Waals surface area contributed by atoms with Crippen LogP contribution in [0.15, 0.2) is 23.0 Å². The molecule has 2 aromatic heterocycles. The molecule has 1 aliphatic heterocycles. The smallest absolute Gasteiger partial charge is 0.109 e. The van der Waals surface area contributed by atoms with E-state index in [1.165, 1.54) is 24.2 Å². The van der Waals surface area contributed by atoms with Gasteiger partial charge in [-0.25, -0.2) is 4.98 Å². The van der Waals surface area contributed by atoms with Crippen molar-refractivity contribution in [2.24, 2.45) is 0 Å². The molecule has 0 bridgehead atoms. The number of aromatic nitrogens is 2. The van der Waals surface area contributed by atoms with Gasteiger partial charge in [-0.2, -0.15) is 11.3 Å². The van der Waals surface area contributed by atoms with Crippen LogP contribution in [0, 0.1) is 0 Å². The number of aryl methyl sites for hydroxylation is 1. The molecular formula is C12H14N2S. The van der Waals surface area contributed by atoms with E-state index >= 15 is 0 Å². The highest BCUT2D eigenvalue weighted by molar-refractivity contribution is 7.08. The molecule has 0 unspecified atom stereocenters. The number of hydrogen-bond donors (Lipinski definition) is 0. The molecule has 0 radical (unpaired) electrons. The van der Waals surface area contributed by atoms with E-state index in [4.69, 9.17) is 4.98 Å². The van der Waals surface area contributed by atoms with Crippen LogP contribution in [0.3, 0.4) is 0 Å². The molecule has 3 heterocycles. The van der Waals surface area contributed by atoms with Gasteiger partial charge < -0.3 is 4.57 Å². The van der Waals surface area contributed by atoms with Crippen LogP contribution < -0.4 is 0 Å². The van der Waals surface area contributed by atoms with E-state index in [0.717, 1.165) is 12.1 Å².